The van der Waals surface area contributed by atoms with Gasteiger partial charge in [0.2, 0.25) is 0 Å². The van der Waals surface area contributed by atoms with Gasteiger partial charge in [-0.2, -0.15) is 0 Å². The Morgan fingerprint density at radius 3 is 2.73 bits per heavy atom. The SMILES string of the molecule is COC(=O)C(C)NCCCC1CCCC1. The molecule has 1 fully saturated rings. The first kappa shape index (κ1) is 12.5. The summed E-state index contributed by atoms with van der Waals surface area (Å²) < 4.78 is 4.64. The Bertz CT molecular complexity index is 188. The molecule has 1 unspecified atom stereocenters. The smallest absolute Gasteiger partial charge is 0.322 e. The fraction of sp³-hybridized carbons (Fsp3) is 0.917. The first-order valence-corrected chi connectivity index (χ1v) is 6.05. The van der Waals surface area contributed by atoms with Gasteiger partial charge in [-0.3, -0.25) is 4.79 Å². The molecule has 0 aliphatic heterocycles. The van der Waals surface area contributed by atoms with Crippen LogP contribution in [-0.2, 0) is 9.53 Å². The van der Waals surface area contributed by atoms with Gasteiger partial charge >= 0.3 is 5.97 Å². The lowest BCUT2D eigenvalue weighted by Crippen LogP contribution is -2.35. The number of esters is 1. The quantitative estimate of drug-likeness (QED) is 0.542. The van der Waals surface area contributed by atoms with E-state index in [4.69, 9.17) is 0 Å². The summed E-state index contributed by atoms with van der Waals surface area (Å²) in [5, 5.41) is 3.18. The van der Waals surface area contributed by atoms with Crippen molar-refractivity contribution in [3.63, 3.8) is 0 Å². The number of carbonyl (C=O) groups excluding carboxylic acids is 1. The van der Waals surface area contributed by atoms with Gasteiger partial charge in [0, 0.05) is 0 Å². The summed E-state index contributed by atoms with van der Waals surface area (Å²) in [6.45, 7) is 2.77. The Labute approximate surface area is 92.6 Å². The Kier molecular flexibility index (Phi) is 5.69. The minimum atomic E-state index is -0.170. The molecule has 0 bridgehead atoms. The molecule has 1 rings (SSSR count). The van der Waals surface area contributed by atoms with Crippen molar-refractivity contribution in [3.8, 4) is 0 Å². The van der Waals surface area contributed by atoms with Crippen molar-refractivity contribution in [1.82, 2.24) is 5.32 Å². The van der Waals surface area contributed by atoms with Crippen LogP contribution in [0.1, 0.15) is 45.4 Å². The van der Waals surface area contributed by atoms with E-state index in [9.17, 15) is 4.79 Å². The molecule has 1 N–H and O–H groups in total. The molecule has 3 heteroatoms. The average Bonchev–Trinajstić information content (AvgIpc) is 2.75. The molecule has 0 aromatic carbocycles. The molecule has 0 spiro atoms. The van der Waals surface area contributed by atoms with E-state index in [0.29, 0.717) is 0 Å². The molecule has 0 heterocycles. The first-order valence-electron chi connectivity index (χ1n) is 6.05. The maximum atomic E-state index is 11.1. The second-order valence-electron chi connectivity index (χ2n) is 4.49. The van der Waals surface area contributed by atoms with E-state index in [1.165, 1.54) is 45.6 Å². The minimum Gasteiger partial charge on any atom is -0.468 e. The molecule has 15 heavy (non-hydrogen) atoms. The molecule has 1 aliphatic carbocycles. The van der Waals surface area contributed by atoms with Gasteiger partial charge in [-0.15, -0.1) is 0 Å². The van der Waals surface area contributed by atoms with Crippen molar-refractivity contribution in [1.29, 1.82) is 0 Å². The van der Waals surface area contributed by atoms with Crippen molar-refractivity contribution in [2.75, 3.05) is 13.7 Å². The van der Waals surface area contributed by atoms with Gasteiger partial charge in [-0.25, -0.2) is 0 Å². The molecule has 1 saturated carbocycles. The zero-order chi connectivity index (χ0) is 11.1. The highest BCUT2D eigenvalue weighted by molar-refractivity contribution is 5.74. The van der Waals surface area contributed by atoms with E-state index in [0.717, 1.165) is 12.5 Å². The van der Waals surface area contributed by atoms with E-state index in [1.807, 2.05) is 6.92 Å². The molecular formula is C12H23NO2. The Hall–Kier alpha value is -0.570. The summed E-state index contributed by atoms with van der Waals surface area (Å²) in [5.41, 5.74) is 0. The average molecular weight is 213 g/mol. The summed E-state index contributed by atoms with van der Waals surface area (Å²) in [4.78, 5) is 11.1. The molecule has 3 nitrogen and oxygen atoms in total. The summed E-state index contributed by atoms with van der Waals surface area (Å²) in [6, 6.07) is -0.168. The van der Waals surface area contributed by atoms with Crippen LogP contribution in [0.2, 0.25) is 0 Å². The maximum Gasteiger partial charge on any atom is 0.322 e. The highest BCUT2D eigenvalue weighted by Crippen LogP contribution is 2.28. The lowest BCUT2D eigenvalue weighted by Gasteiger charge is -2.12. The highest BCUT2D eigenvalue weighted by Gasteiger charge is 2.15. The molecule has 0 saturated heterocycles. The van der Waals surface area contributed by atoms with Crippen LogP contribution in [0, 0.1) is 5.92 Å². The topological polar surface area (TPSA) is 38.3 Å². The van der Waals surface area contributed by atoms with Crippen molar-refractivity contribution >= 4 is 5.97 Å². The number of rotatable bonds is 6. The number of ether oxygens (including phenoxy) is 1. The predicted molar refractivity (Wildman–Crippen MR) is 60.7 cm³/mol. The van der Waals surface area contributed by atoms with Gasteiger partial charge in [0.25, 0.3) is 0 Å². The second kappa shape index (κ2) is 6.83. The molecule has 1 aliphatic rings. The van der Waals surface area contributed by atoms with Crippen LogP contribution in [0.15, 0.2) is 0 Å². The molecular weight excluding hydrogens is 190 g/mol. The second-order valence-corrected chi connectivity index (χ2v) is 4.49. The minimum absolute atomic E-state index is 0.168. The molecule has 88 valence electrons. The molecule has 0 radical (unpaired) electrons. The van der Waals surface area contributed by atoms with Crippen LogP contribution in [0.25, 0.3) is 0 Å². The van der Waals surface area contributed by atoms with Crippen LogP contribution in [0.5, 0.6) is 0 Å². The van der Waals surface area contributed by atoms with Crippen molar-refractivity contribution in [2.45, 2.75) is 51.5 Å². The van der Waals surface area contributed by atoms with Crippen LogP contribution in [-0.4, -0.2) is 25.7 Å². The summed E-state index contributed by atoms with van der Waals surface area (Å²) in [7, 11) is 1.43. The zero-order valence-corrected chi connectivity index (χ0v) is 9.92. The van der Waals surface area contributed by atoms with Gasteiger partial charge in [0.05, 0.1) is 7.11 Å². The Morgan fingerprint density at radius 1 is 1.47 bits per heavy atom. The van der Waals surface area contributed by atoms with Crippen LogP contribution in [0.4, 0.5) is 0 Å². The van der Waals surface area contributed by atoms with Crippen molar-refractivity contribution < 1.29 is 9.53 Å². The Balaban J connectivity index is 1.98. The maximum absolute atomic E-state index is 11.1. The van der Waals surface area contributed by atoms with Gasteiger partial charge in [0.15, 0.2) is 0 Å². The van der Waals surface area contributed by atoms with Gasteiger partial charge in [0.1, 0.15) is 6.04 Å². The standard InChI is InChI=1S/C12H23NO2/c1-10(12(14)15-2)13-9-5-8-11-6-3-4-7-11/h10-11,13H,3-9H2,1-2H3. The summed E-state index contributed by atoms with van der Waals surface area (Å²) >= 11 is 0. The van der Waals surface area contributed by atoms with Crippen LogP contribution in [0.3, 0.4) is 0 Å². The van der Waals surface area contributed by atoms with Crippen LogP contribution >= 0.6 is 0 Å². The van der Waals surface area contributed by atoms with E-state index in [2.05, 4.69) is 10.1 Å². The first-order chi connectivity index (χ1) is 7.24. The van der Waals surface area contributed by atoms with Crippen LogP contribution < -0.4 is 5.32 Å². The molecule has 0 aromatic rings. The molecule has 1 atom stereocenters. The molecule has 0 aromatic heterocycles. The van der Waals surface area contributed by atoms with E-state index in [1.54, 1.807) is 0 Å². The fourth-order valence-electron chi connectivity index (χ4n) is 2.27. The number of hydrogen-bond acceptors (Lipinski definition) is 3. The number of methoxy groups -OCH3 is 1. The monoisotopic (exact) mass is 213 g/mol. The summed E-state index contributed by atoms with van der Waals surface area (Å²) in [6.07, 6.45) is 8.12. The van der Waals surface area contributed by atoms with Gasteiger partial charge < -0.3 is 10.1 Å². The third-order valence-electron chi connectivity index (χ3n) is 3.27. The zero-order valence-electron chi connectivity index (χ0n) is 9.92. The third-order valence-corrected chi connectivity index (χ3v) is 3.27. The Morgan fingerprint density at radius 2 is 2.13 bits per heavy atom. The lowest BCUT2D eigenvalue weighted by molar-refractivity contribution is -0.142. The predicted octanol–water partition coefficient (Wildman–Crippen LogP) is 2.11. The van der Waals surface area contributed by atoms with Crippen molar-refractivity contribution in [2.24, 2.45) is 5.92 Å². The van der Waals surface area contributed by atoms with E-state index < -0.39 is 0 Å². The number of hydrogen-bond donors (Lipinski definition) is 1. The van der Waals surface area contributed by atoms with Gasteiger partial charge in [-0.05, 0) is 32.2 Å². The normalized spacial score (nSPS) is 19.1. The third kappa shape index (κ3) is 4.65. The van der Waals surface area contributed by atoms with E-state index in [-0.39, 0.29) is 12.0 Å². The number of nitrogens with one attached hydrogen (secondary N) is 1. The molecule has 0 amide bonds. The van der Waals surface area contributed by atoms with Crippen molar-refractivity contribution in [3.05, 3.63) is 0 Å². The highest BCUT2D eigenvalue weighted by atomic mass is 16.5. The van der Waals surface area contributed by atoms with Gasteiger partial charge in [-0.1, -0.05) is 25.7 Å². The summed E-state index contributed by atoms with van der Waals surface area (Å²) in [5.74, 6) is 0.774. The largest absolute Gasteiger partial charge is 0.468 e. The van der Waals surface area contributed by atoms with E-state index >= 15 is 0 Å². The lowest BCUT2D eigenvalue weighted by atomic mass is 10.0. The fourth-order valence-corrected chi connectivity index (χ4v) is 2.27. The number of carbonyl (C=O) groups is 1.